The fourth-order valence-electron chi connectivity index (χ4n) is 4.25. The van der Waals surface area contributed by atoms with Crippen molar-refractivity contribution in [2.24, 2.45) is 0 Å². The summed E-state index contributed by atoms with van der Waals surface area (Å²) < 4.78 is 5.89. The monoisotopic (exact) mass is 345 g/mol. The standard InChI is InChI=1S/C18H27N5O2/c24-17(23-12-13-25-16-5-2-1-4-15(16)23)14-21-8-10-22(11-9-21)18-19-6-3-7-20-18/h3,6-7,15-16H,1-2,4-5,8-14H2/t15-,16+/m0/s1. The van der Waals surface area contributed by atoms with Crippen molar-refractivity contribution < 1.29 is 9.53 Å². The normalized spacial score (nSPS) is 27.8. The molecule has 1 aromatic heterocycles. The number of anilines is 1. The highest BCUT2D eigenvalue weighted by molar-refractivity contribution is 5.79. The molecule has 2 atom stereocenters. The number of hydrogen-bond acceptors (Lipinski definition) is 6. The number of aromatic nitrogens is 2. The van der Waals surface area contributed by atoms with Crippen molar-refractivity contribution in [3.63, 3.8) is 0 Å². The van der Waals surface area contributed by atoms with Crippen LogP contribution in [0.1, 0.15) is 25.7 Å². The second-order valence-electron chi connectivity index (χ2n) is 7.16. The molecule has 0 unspecified atom stereocenters. The van der Waals surface area contributed by atoms with Gasteiger partial charge in [-0.05, 0) is 18.9 Å². The first-order chi connectivity index (χ1) is 12.3. The van der Waals surface area contributed by atoms with Gasteiger partial charge in [-0.3, -0.25) is 9.69 Å². The Morgan fingerprint density at radius 1 is 1.08 bits per heavy atom. The molecule has 7 nitrogen and oxygen atoms in total. The SMILES string of the molecule is O=C(CN1CCN(c2ncccn2)CC1)N1CCO[C@@H]2CCCC[C@@H]21. The van der Waals surface area contributed by atoms with Crippen molar-refractivity contribution in [2.75, 3.05) is 50.8 Å². The van der Waals surface area contributed by atoms with E-state index in [9.17, 15) is 4.79 Å². The van der Waals surface area contributed by atoms with E-state index in [4.69, 9.17) is 4.74 Å². The van der Waals surface area contributed by atoms with Crippen LogP contribution in [-0.4, -0.2) is 83.7 Å². The number of carbonyl (C=O) groups excluding carboxylic acids is 1. The molecule has 0 N–H and O–H groups in total. The minimum Gasteiger partial charge on any atom is -0.374 e. The summed E-state index contributed by atoms with van der Waals surface area (Å²) in [6, 6.07) is 2.13. The summed E-state index contributed by atoms with van der Waals surface area (Å²) in [5.74, 6) is 1.05. The highest BCUT2D eigenvalue weighted by Gasteiger charge is 2.37. The van der Waals surface area contributed by atoms with Crippen LogP contribution in [0.3, 0.4) is 0 Å². The minimum atomic E-state index is 0.263. The van der Waals surface area contributed by atoms with Gasteiger partial charge < -0.3 is 14.5 Å². The molecule has 0 spiro atoms. The zero-order valence-electron chi connectivity index (χ0n) is 14.7. The van der Waals surface area contributed by atoms with Crippen molar-refractivity contribution in [3.05, 3.63) is 18.5 Å². The maximum atomic E-state index is 12.9. The molecule has 1 saturated carbocycles. The Morgan fingerprint density at radius 2 is 1.84 bits per heavy atom. The predicted octanol–water partition coefficient (Wildman–Crippen LogP) is 0.769. The van der Waals surface area contributed by atoms with Crippen LogP contribution in [0.4, 0.5) is 5.95 Å². The highest BCUT2D eigenvalue weighted by Crippen LogP contribution is 2.28. The van der Waals surface area contributed by atoms with Crippen LogP contribution in [0.5, 0.6) is 0 Å². The fourth-order valence-corrected chi connectivity index (χ4v) is 4.25. The Bertz CT molecular complexity index is 574. The molecule has 4 rings (SSSR count). The third kappa shape index (κ3) is 3.77. The van der Waals surface area contributed by atoms with E-state index in [0.717, 1.165) is 51.5 Å². The van der Waals surface area contributed by atoms with Crippen LogP contribution in [-0.2, 0) is 9.53 Å². The van der Waals surface area contributed by atoms with Gasteiger partial charge >= 0.3 is 0 Å². The molecule has 3 heterocycles. The lowest BCUT2D eigenvalue weighted by Gasteiger charge is -2.44. The lowest BCUT2D eigenvalue weighted by atomic mass is 9.90. The minimum absolute atomic E-state index is 0.263. The van der Waals surface area contributed by atoms with Gasteiger partial charge in [0.2, 0.25) is 11.9 Å². The Hall–Kier alpha value is -1.73. The van der Waals surface area contributed by atoms with Gasteiger partial charge in [0, 0.05) is 45.1 Å². The fraction of sp³-hybridized carbons (Fsp3) is 0.722. The molecule has 136 valence electrons. The lowest BCUT2D eigenvalue weighted by Crippen LogP contribution is -2.58. The summed E-state index contributed by atoms with van der Waals surface area (Å²) in [4.78, 5) is 28.0. The zero-order chi connectivity index (χ0) is 17.1. The van der Waals surface area contributed by atoms with Gasteiger partial charge in [-0.15, -0.1) is 0 Å². The van der Waals surface area contributed by atoms with E-state index in [1.165, 1.54) is 12.8 Å². The summed E-state index contributed by atoms with van der Waals surface area (Å²) in [5.41, 5.74) is 0. The molecule has 1 aliphatic carbocycles. The first-order valence-electron chi connectivity index (χ1n) is 9.46. The molecule has 3 aliphatic rings. The van der Waals surface area contributed by atoms with E-state index >= 15 is 0 Å². The Balaban J connectivity index is 1.30. The predicted molar refractivity (Wildman–Crippen MR) is 94.4 cm³/mol. The Kier molecular flexibility index (Phi) is 5.12. The van der Waals surface area contributed by atoms with Gasteiger partial charge in [0.25, 0.3) is 0 Å². The van der Waals surface area contributed by atoms with Crippen LogP contribution in [0, 0.1) is 0 Å². The quantitative estimate of drug-likeness (QED) is 0.806. The third-order valence-corrected chi connectivity index (χ3v) is 5.62. The maximum absolute atomic E-state index is 12.9. The number of nitrogens with zero attached hydrogens (tertiary/aromatic N) is 5. The van der Waals surface area contributed by atoms with Crippen LogP contribution < -0.4 is 4.90 Å². The van der Waals surface area contributed by atoms with Crippen LogP contribution >= 0.6 is 0 Å². The zero-order valence-corrected chi connectivity index (χ0v) is 14.7. The van der Waals surface area contributed by atoms with E-state index in [2.05, 4.69) is 24.7 Å². The number of carbonyl (C=O) groups is 1. The van der Waals surface area contributed by atoms with Crippen LogP contribution in [0.2, 0.25) is 0 Å². The molecule has 7 heteroatoms. The van der Waals surface area contributed by atoms with Gasteiger partial charge in [0.1, 0.15) is 0 Å². The number of amides is 1. The molecule has 1 amide bonds. The topological polar surface area (TPSA) is 61.8 Å². The van der Waals surface area contributed by atoms with Crippen molar-refractivity contribution in [1.29, 1.82) is 0 Å². The third-order valence-electron chi connectivity index (χ3n) is 5.62. The van der Waals surface area contributed by atoms with Gasteiger partial charge in [-0.1, -0.05) is 12.8 Å². The number of morpholine rings is 1. The van der Waals surface area contributed by atoms with E-state index in [1.54, 1.807) is 12.4 Å². The molecule has 2 aliphatic heterocycles. The molecule has 25 heavy (non-hydrogen) atoms. The van der Waals surface area contributed by atoms with Gasteiger partial charge in [0.15, 0.2) is 0 Å². The number of piperazine rings is 1. The first-order valence-corrected chi connectivity index (χ1v) is 9.46. The molecule has 3 fully saturated rings. The van der Waals surface area contributed by atoms with Crippen molar-refractivity contribution >= 4 is 11.9 Å². The van der Waals surface area contributed by atoms with E-state index in [1.807, 2.05) is 6.07 Å². The van der Waals surface area contributed by atoms with Gasteiger partial charge in [-0.25, -0.2) is 9.97 Å². The van der Waals surface area contributed by atoms with Gasteiger partial charge in [-0.2, -0.15) is 0 Å². The van der Waals surface area contributed by atoms with Crippen LogP contribution in [0.25, 0.3) is 0 Å². The molecule has 0 aromatic carbocycles. The lowest BCUT2D eigenvalue weighted by molar-refractivity contribution is -0.150. The highest BCUT2D eigenvalue weighted by atomic mass is 16.5. The molecular weight excluding hydrogens is 318 g/mol. The van der Waals surface area contributed by atoms with E-state index in [0.29, 0.717) is 19.2 Å². The Morgan fingerprint density at radius 3 is 2.64 bits per heavy atom. The summed E-state index contributed by atoms with van der Waals surface area (Å²) in [6.07, 6.45) is 8.45. The van der Waals surface area contributed by atoms with Crippen molar-refractivity contribution in [3.8, 4) is 0 Å². The molecule has 0 radical (unpaired) electrons. The molecule has 2 saturated heterocycles. The van der Waals surface area contributed by atoms with Gasteiger partial charge in [0.05, 0.1) is 25.3 Å². The van der Waals surface area contributed by atoms with Crippen LogP contribution in [0.15, 0.2) is 18.5 Å². The average Bonchev–Trinajstić information content (AvgIpc) is 2.69. The second kappa shape index (κ2) is 7.66. The van der Waals surface area contributed by atoms with E-state index in [-0.39, 0.29) is 12.0 Å². The largest absolute Gasteiger partial charge is 0.374 e. The number of rotatable bonds is 3. The van der Waals surface area contributed by atoms with E-state index < -0.39 is 0 Å². The summed E-state index contributed by atoms with van der Waals surface area (Å²) in [5, 5.41) is 0. The smallest absolute Gasteiger partial charge is 0.237 e. The van der Waals surface area contributed by atoms with Crippen molar-refractivity contribution in [1.82, 2.24) is 19.8 Å². The average molecular weight is 345 g/mol. The second-order valence-corrected chi connectivity index (χ2v) is 7.16. The summed E-state index contributed by atoms with van der Waals surface area (Å²) in [6.45, 7) is 5.44. The number of hydrogen-bond donors (Lipinski definition) is 0. The number of ether oxygens (including phenoxy) is 1. The summed E-state index contributed by atoms with van der Waals surface area (Å²) in [7, 11) is 0. The Labute approximate surface area is 149 Å². The first kappa shape index (κ1) is 16.7. The number of fused-ring (bicyclic) bond motifs is 1. The summed E-state index contributed by atoms with van der Waals surface area (Å²) >= 11 is 0. The van der Waals surface area contributed by atoms with Crippen molar-refractivity contribution in [2.45, 2.75) is 37.8 Å². The molecule has 0 bridgehead atoms. The molecule has 1 aromatic rings. The maximum Gasteiger partial charge on any atom is 0.237 e. The molecular formula is C18H27N5O2.